The van der Waals surface area contributed by atoms with E-state index in [-0.39, 0.29) is 31.8 Å². The Morgan fingerprint density at radius 2 is 1.69 bits per heavy atom. The first-order chi connectivity index (χ1) is 12.2. The summed E-state index contributed by atoms with van der Waals surface area (Å²) in [6, 6.07) is 19.8. The van der Waals surface area contributed by atoms with E-state index in [1.54, 1.807) is 30.5 Å². The van der Waals surface area contributed by atoms with Gasteiger partial charge in [-0.1, -0.05) is 12.1 Å². The van der Waals surface area contributed by atoms with Crippen molar-refractivity contribution >= 4 is 0 Å². The number of hydrogen-bond acceptors (Lipinski definition) is 5. The molecule has 26 heavy (non-hydrogen) atoms. The van der Waals surface area contributed by atoms with Crippen LogP contribution in [0.25, 0.3) is 11.1 Å². The van der Waals surface area contributed by atoms with Crippen LogP contribution in [0, 0.1) is 23.8 Å². The molecule has 0 fully saturated rings. The van der Waals surface area contributed by atoms with E-state index in [4.69, 9.17) is 0 Å². The van der Waals surface area contributed by atoms with Crippen LogP contribution in [0.5, 0.6) is 0 Å². The first kappa shape index (κ1) is 19.6. The molecule has 0 bridgehead atoms. The molecule has 1 aliphatic rings. The number of nitrogens with zero attached hydrogens (tertiary/aromatic N) is 5. The summed E-state index contributed by atoms with van der Waals surface area (Å²) < 4.78 is 25.8. The molecule has 0 unspecified atom stereocenters. The summed E-state index contributed by atoms with van der Waals surface area (Å²) in [6.45, 7) is 0. The Hall–Kier alpha value is -2.70. The van der Waals surface area contributed by atoms with E-state index in [0.717, 1.165) is 17.8 Å². The second-order valence-electron chi connectivity index (χ2n) is 4.86. The van der Waals surface area contributed by atoms with Crippen LogP contribution >= 0.6 is 0 Å². The quantitative estimate of drug-likeness (QED) is 0.426. The molecule has 0 N–H and O–H groups in total. The molecule has 1 aliphatic heterocycles. The fourth-order valence-electron chi connectivity index (χ4n) is 2.01. The monoisotopic (exact) mass is 528 g/mol. The van der Waals surface area contributed by atoms with Crippen LogP contribution in [0.3, 0.4) is 0 Å². The SMILES string of the molecule is Fc1c[c-]c(-c2[c-]cccc2)c(F)c1.[Ir].c1ccc(C2N=NN=N2)nc1. The van der Waals surface area contributed by atoms with Gasteiger partial charge in [-0.25, -0.2) is 5.56 Å². The van der Waals surface area contributed by atoms with Crippen LogP contribution in [-0.2, 0) is 20.1 Å². The van der Waals surface area contributed by atoms with Crippen LogP contribution in [0.15, 0.2) is 81.5 Å². The van der Waals surface area contributed by atoms with Crippen LogP contribution in [0.1, 0.15) is 11.9 Å². The Labute approximate surface area is 162 Å². The van der Waals surface area contributed by atoms with Gasteiger partial charge in [0.05, 0.1) is 5.69 Å². The molecule has 4 rings (SSSR count). The summed E-state index contributed by atoms with van der Waals surface area (Å²) in [6.07, 6.45) is 1.37. The predicted molar refractivity (Wildman–Crippen MR) is 86.2 cm³/mol. The largest absolute Gasteiger partial charge is 0.276 e. The zero-order valence-electron chi connectivity index (χ0n) is 13.2. The third-order valence-electron chi connectivity index (χ3n) is 3.15. The molecule has 2 aromatic carbocycles. The molecule has 0 aliphatic carbocycles. The van der Waals surface area contributed by atoms with Crippen molar-refractivity contribution < 1.29 is 28.9 Å². The van der Waals surface area contributed by atoms with Gasteiger partial charge in [0.25, 0.3) is 0 Å². The van der Waals surface area contributed by atoms with E-state index in [2.05, 4.69) is 37.8 Å². The number of hydrogen-bond donors (Lipinski definition) is 0. The second-order valence-corrected chi connectivity index (χ2v) is 4.86. The second kappa shape index (κ2) is 9.70. The molecule has 0 amide bonds. The number of pyridine rings is 1. The maximum absolute atomic E-state index is 13.2. The van der Waals surface area contributed by atoms with E-state index in [1.165, 1.54) is 0 Å². The molecule has 0 atom stereocenters. The van der Waals surface area contributed by atoms with E-state index >= 15 is 0 Å². The van der Waals surface area contributed by atoms with E-state index < -0.39 is 11.6 Å². The normalized spacial score (nSPS) is 12.2. The summed E-state index contributed by atoms with van der Waals surface area (Å²) in [5.74, 6) is -1.24. The van der Waals surface area contributed by atoms with Crippen molar-refractivity contribution in [3.63, 3.8) is 0 Å². The molecule has 3 aromatic rings. The molecule has 0 saturated carbocycles. The molecular formula is C18H11F2IrN5-2. The minimum atomic E-state index is -0.623. The van der Waals surface area contributed by atoms with Crippen molar-refractivity contribution in [2.45, 2.75) is 6.17 Å². The fourth-order valence-corrected chi connectivity index (χ4v) is 2.01. The van der Waals surface area contributed by atoms with Crippen LogP contribution in [-0.4, -0.2) is 4.98 Å². The van der Waals surface area contributed by atoms with Crippen molar-refractivity contribution in [1.29, 1.82) is 0 Å². The predicted octanol–water partition coefficient (Wildman–Crippen LogP) is 5.14. The topological polar surface area (TPSA) is 62.3 Å². The van der Waals surface area contributed by atoms with E-state index in [0.29, 0.717) is 5.56 Å². The Morgan fingerprint density at radius 3 is 2.31 bits per heavy atom. The summed E-state index contributed by atoms with van der Waals surface area (Å²) in [5, 5.41) is 14.2. The first-order valence-corrected chi connectivity index (χ1v) is 7.29. The van der Waals surface area contributed by atoms with Crippen LogP contribution < -0.4 is 0 Å². The first-order valence-electron chi connectivity index (χ1n) is 7.29. The third-order valence-corrected chi connectivity index (χ3v) is 3.15. The van der Waals surface area contributed by atoms with Gasteiger partial charge in [-0.15, -0.1) is 22.4 Å². The van der Waals surface area contributed by atoms with Crippen molar-refractivity contribution in [2.75, 3.05) is 0 Å². The van der Waals surface area contributed by atoms with Crippen molar-refractivity contribution in [3.05, 3.63) is 90.3 Å². The molecule has 1 radical (unpaired) electrons. The summed E-state index contributed by atoms with van der Waals surface area (Å²) in [7, 11) is 0. The van der Waals surface area contributed by atoms with Crippen molar-refractivity contribution in [1.82, 2.24) is 4.98 Å². The number of halogens is 2. The van der Waals surface area contributed by atoms with Gasteiger partial charge in [0, 0.05) is 32.1 Å². The summed E-state index contributed by atoms with van der Waals surface area (Å²) in [4.78, 5) is 4.05. The summed E-state index contributed by atoms with van der Waals surface area (Å²) in [5.41, 5.74) is 1.59. The Kier molecular flexibility index (Phi) is 7.32. The maximum Gasteiger partial charge on any atom is 0.226 e. The average molecular weight is 528 g/mol. The zero-order valence-corrected chi connectivity index (χ0v) is 15.6. The third kappa shape index (κ3) is 5.15. The molecule has 1 aromatic heterocycles. The molecule has 2 heterocycles. The maximum atomic E-state index is 13.2. The van der Waals surface area contributed by atoms with Gasteiger partial charge < -0.3 is 0 Å². The molecule has 5 nitrogen and oxygen atoms in total. The summed E-state index contributed by atoms with van der Waals surface area (Å²) >= 11 is 0. The average Bonchev–Trinajstić information content (AvgIpc) is 3.19. The standard InChI is InChI=1S/C12H6F2.C6H5N5.Ir/c13-10-6-7-11(12(14)8-10)9-4-2-1-3-5-9;1-2-4-7-5(3-1)6-8-10-11-9-6;/h1-4,6,8H;1-4,6H;/q-2;;. The molecule has 0 saturated heterocycles. The Balaban J connectivity index is 0.000000184. The van der Waals surface area contributed by atoms with Crippen molar-refractivity contribution in [2.24, 2.45) is 20.7 Å². The number of rotatable bonds is 2. The van der Waals surface area contributed by atoms with Gasteiger partial charge in [0.15, 0.2) is 0 Å². The molecule has 8 heteroatoms. The van der Waals surface area contributed by atoms with Crippen LogP contribution in [0.2, 0.25) is 0 Å². The molecule has 133 valence electrons. The van der Waals surface area contributed by atoms with Gasteiger partial charge in [0.1, 0.15) is 0 Å². The van der Waals surface area contributed by atoms with Crippen LogP contribution in [0.4, 0.5) is 8.78 Å². The van der Waals surface area contributed by atoms with Gasteiger partial charge in [0.2, 0.25) is 6.17 Å². The Morgan fingerprint density at radius 1 is 0.923 bits per heavy atom. The smallest absolute Gasteiger partial charge is 0.226 e. The zero-order chi connectivity index (χ0) is 17.5. The van der Waals surface area contributed by atoms with E-state index in [1.807, 2.05) is 18.2 Å². The van der Waals surface area contributed by atoms with Gasteiger partial charge >= 0.3 is 0 Å². The molecular weight excluding hydrogens is 516 g/mol. The minimum absolute atomic E-state index is 0. The number of aromatic nitrogens is 1. The Bertz CT molecular complexity index is 877. The van der Waals surface area contributed by atoms with E-state index in [9.17, 15) is 8.78 Å². The van der Waals surface area contributed by atoms with Gasteiger partial charge in [-0.05, 0) is 28.4 Å². The van der Waals surface area contributed by atoms with Gasteiger partial charge in [-0.3, -0.25) is 13.8 Å². The fraction of sp³-hybridized carbons (Fsp3) is 0.0556. The van der Waals surface area contributed by atoms with Gasteiger partial charge in [-0.2, -0.15) is 35.9 Å². The number of benzene rings is 2. The minimum Gasteiger partial charge on any atom is -0.276 e. The van der Waals surface area contributed by atoms with Crippen molar-refractivity contribution in [3.8, 4) is 11.1 Å². The molecule has 0 spiro atoms.